The maximum Gasteiger partial charge on any atom is 0.239 e. The Morgan fingerprint density at radius 3 is 2.36 bits per heavy atom. The van der Waals surface area contributed by atoms with Gasteiger partial charge in [0.15, 0.2) is 0 Å². The molecule has 0 unspecified atom stereocenters. The van der Waals surface area contributed by atoms with E-state index in [2.05, 4.69) is 0 Å². The van der Waals surface area contributed by atoms with Crippen molar-refractivity contribution in [2.75, 3.05) is 0 Å². The molecule has 14 heavy (non-hydrogen) atoms. The van der Waals surface area contributed by atoms with Crippen LogP contribution in [-0.4, -0.2) is 16.1 Å². The Kier molecular flexibility index (Phi) is 3.43. The molecule has 0 aliphatic carbocycles. The van der Waals surface area contributed by atoms with E-state index in [0.29, 0.717) is 10.6 Å². The summed E-state index contributed by atoms with van der Waals surface area (Å²) in [6.45, 7) is 1.36. The third-order valence-corrected chi connectivity index (χ3v) is 2.25. The summed E-state index contributed by atoms with van der Waals surface area (Å²) in [6, 6.07) is 5.32. The number of hydrogen-bond donors (Lipinski definition) is 1. The first-order chi connectivity index (χ1) is 6.52. The topological polar surface area (TPSA) is 63.4 Å². The van der Waals surface area contributed by atoms with Gasteiger partial charge in [0.1, 0.15) is 6.10 Å². The predicted molar refractivity (Wildman–Crippen MR) is 52.9 cm³/mol. The zero-order chi connectivity index (χ0) is 10.7. The van der Waals surface area contributed by atoms with Gasteiger partial charge in [-0.3, -0.25) is 10.1 Å². The fraction of sp³-hybridized carbons (Fsp3) is 0.333. The summed E-state index contributed by atoms with van der Waals surface area (Å²) in [4.78, 5) is 9.89. The first-order valence-corrected chi connectivity index (χ1v) is 4.47. The maximum atomic E-state index is 10.4. The molecule has 76 valence electrons. The molecule has 0 bridgehead atoms. The molecule has 0 saturated carbocycles. The summed E-state index contributed by atoms with van der Waals surface area (Å²) in [5.74, 6) is 0. The zero-order valence-corrected chi connectivity index (χ0v) is 8.31. The summed E-state index contributed by atoms with van der Waals surface area (Å²) >= 11 is 5.64. The molecule has 5 heteroatoms. The first-order valence-electron chi connectivity index (χ1n) is 4.09. The molecule has 1 aromatic carbocycles. The van der Waals surface area contributed by atoms with Crippen molar-refractivity contribution in [2.45, 2.75) is 19.1 Å². The Bertz CT molecular complexity index is 325. The van der Waals surface area contributed by atoms with Crippen molar-refractivity contribution < 1.29 is 10.0 Å². The zero-order valence-electron chi connectivity index (χ0n) is 7.55. The van der Waals surface area contributed by atoms with E-state index in [0.717, 1.165) is 0 Å². The SMILES string of the molecule is C[C@H]([C@H](O)c1ccc(Cl)cc1)[N+](=O)[O-]. The van der Waals surface area contributed by atoms with Crippen molar-refractivity contribution in [1.82, 2.24) is 0 Å². The standard InChI is InChI=1S/C9H10ClNO3/c1-6(11(13)14)9(12)7-2-4-8(10)5-3-7/h2-6,9,12H,1H3/t6-,9+/m1/s1. The highest BCUT2D eigenvalue weighted by Crippen LogP contribution is 2.20. The molecule has 0 saturated heterocycles. The minimum absolute atomic E-state index is 0.499. The molecule has 4 nitrogen and oxygen atoms in total. The molecule has 1 N–H and O–H groups in total. The molecule has 0 aliphatic heterocycles. The number of rotatable bonds is 3. The molecule has 1 rings (SSSR count). The summed E-state index contributed by atoms with van der Waals surface area (Å²) in [6.07, 6.45) is -1.10. The average molecular weight is 216 g/mol. The van der Waals surface area contributed by atoms with E-state index >= 15 is 0 Å². The third kappa shape index (κ3) is 2.43. The van der Waals surface area contributed by atoms with Gasteiger partial charge in [0.2, 0.25) is 6.04 Å². The average Bonchev–Trinajstić information content (AvgIpc) is 2.16. The van der Waals surface area contributed by atoms with E-state index in [4.69, 9.17) is 11.6 Å². The molecular formula is C9H10ClNO3. The Balaban J connectivity index is 2.84. The summed E-state index contributed by atoms with van der Waals surface area (Å²) < 4.78 is 0. The quantitative estimate of drug-likeness (QED) is 0.620. The van der Waals surface area contributed by atoms with Gasteiger partial charge in [-0.25, -0.2) is 0 Å². The van der Waals surface area contributed by atoms with E-state index in [1.54, 1.807) is 24.3 Å². The van der Waals surface area contributed by atoms with Crippen LogP contribution in [0.5, 0.6) is 0 Å². The van der Waals surface area contributed by atoms with Gasteiger partial charge in [-0.15, -0.1) is 0 Å². The molecule has 1 aromatic rings. The second kappa shape index (κ2) is 4.39. The molecule has 2 atom stereocenters. The van der Waals surface area contributed by atoms with Crippen molar-refractivity contribution >= 4 is 11.6 Å². The summed E-state index contributed by atoms with van der Waals surface area (Å²) in [7, 11) is 0. The van der Waals surface area contributed by atoms with Crippen molar-refractivity contribution in [1.29, 1.82) is 0 Å². The van der Waals surface area contributed by atoms with Gasteiger partial charge in [-0.1, -0.05) is 23.7 Å². The van der Waals surface area contributed by atoms with Crippen LogP contribution in [-0.2, 0) is 0 Å². The molecular weight excluding hydrogens is 206 g/mol. The van der Waals surface area contributed by atoms with Crippen LogP contribution >= 0.6 is 11.6 Å². The van der Waals surface area contributed by atoms with Crippen LogP contribution in [0.2, 0.25) is 5.02 Å². The van der Waals surface area contributed by atoms with Gasteiger partial charge < -0.3 is 5.11 Å². The van der Waals surface area contributed by atoms with Gasteiger partial charge >= 0.3 is 0 Å². The minimum Gasteiger partial charge on any atom is -0.381 e. The molecule has 0 aliphatic rings. The first kappa shape index (κ1) is 10.9. The second-order valence-corrected chi connectivity index (χ2v) is 3.46. The van der Waals surface area contributed by atoms with E-state index < -0.39 is 17.1 Å². The van der Waals surface area contributed by atoms with Crippen LogP contribution in [0.15, 0.2) is 24.3 Å². The van der Waals surface area contributed by atoms with Gasteiger partial charge in [-0.2, -0.15) is 0 Å². The van der Waals surface area contributed by atoms with Gasteiger partial charge in [0.25, 0.3) is 0 Å². The minimum atomic E-state index is -1.10. The molecule has 0 amide bonds. The predicted octanol–water partition coefficient (Wildman–Crippen LogP) is 2.04. The smallest absolute Gasteiger partial charge is 0.239 e. The summed E-state index contributed by atoms with van der Waals surface area (Å²) in [5.41, 5.74) is 0.499. The second-order valence-electron chi connectivity index (χ2n) is 3.02. The molecule has 0 aromatic heterocycles. The Labute approximate surface area is 86.3 Å². The number of aliphatic hydroxyl groups is 1. The highest BCUT2D eigenvalue weighted by Gasteiger charge is 2.25. The lowest BCUT2D eigenvalue weighted by Gasteiger charge is -2.12. The van der Waals surface area contributed by atoms with Crippen LogP contribution < -0.4 is 0 Å². The number of hydrogen-bond acceptors (Lipinski definition) is 3. The van der Waals surface area contributed by atoms with E-state index in [-0.39, 0.29) is 0 Å². The molecule has 0 spiro atoms. The largest absolute Gasteiger partial charge is 0.381 e. The number of aliphatic hydroxyl groups excluding tert-OH is 1. The van der Waals surface area contributed by atoms with Crippen LogP contribution in [0, 0.1) is 10.1 Å². The normalized spacial score (nSPS) is 14.8. The van der Waals surface area contributed by atoms with Crippen molar-refractivity contribution in [3.63, 3.8) is 0 Å². The van der Waals surface area contributed by atoms with Crippen molar-refractivity contribution in [3.05, 3.63) is 45.0 Å². The van der Waals surface area contributed by atoms with Gasteiger partial charge in [0.05, 0.1) is 0 Å². The lowest BCUT2D eigenvalue weighted by atomic mass is 10.0. The van der Waals surface area contributed by atoms with Crippen LogP contribution in [0.4, 0.5) is 0 Å². The van der Waals surface area contributed by atoms with Crippen LogP contribution in [0.25, 0.3) is 0 Å². The highest BCUT2D eigenvalue weighted by atomic mass is 35.5. The number of halogens is 1. The fourth-order valence-electron chi connectivity index (χ4n) is 1.05. The lowest BCUT2D eigenvalue weighted by molar-refractivity contribution is -0.531. The highest BCUT2D eigenvalue weighted by molar-refractivity contribution is 6.30. The van der Waals surface area contributed by atoms with Crippen molar-refractivity contribution in [2.24, 2.45) is 0 Å². The Morgan fingerprint density at radius 1 is 1.43 bits per heavy atom. The summed E-state index contributed by atoms with van der Waals surface area (Å²) in [5, 5.41) is 20.5. The van der Waals surface area contributed by atoms with Crippen LogP contribution in [0.1, 0.15) is 18.6 Å². The lowest BCUT2D eigenvalue weighted by Crippen LogP contribution is -2.23. The Morgan fingerprint density at radius 2 is 1.93 bits per heavy atom. The van der Waals surface area contributed by atoms with Crippen molar-refractivity contribution in [3.8, 4) is 0 Å². The van der Waals surface area contributed by atoms with E-state index in [9.17, 15) is 15.2 Å². The maximum absolute atomic E-state index is 10.4. The number of nitrogens with zero attached hydrogens (tertiary/aromatic N) is 1. The molecule has 0 radical (unpaired) electrons. The number of nitro groups is 1. The fourth-order valence-corrected chi connectivity index (χ4v) is 1.18. The van der Waals surface area contributed by atoms with Gasteiger partial charge in [0, 0.05) is 16.9 Å². The molecule has 0 fully saturated rings. The third-order valence-electron chi connectivity index (χ3n) is 2.00. The monoisotopic (exact) mass is 215 g/mol. The number of benzene rings is 1. The molecule has 0 heterocycles. The Hall–Kier alpha value is -1.13. The van der Waals surface area contributed by atoms with E-state index in [1.165, 1.54) is 6.92 Å². The van der Waals surface area contributed by atoms with Gasteiger partial charge in [-0.05, 0) is 17.7 Å². The van der Waals surface area contributed by atoms with Crippen LogP contribution in [0.3, 0.4) is 0 Å². The van der Waals surface area contributed by atoms with E-state index in [1.807, 2.05) is 0 Å².